The summed E-state index contributed by atoms with van der Waals surface area (Å²) >= 11 is 0. The maximum absolute atomic E-state index is 12.6. The molecule has 3 N–H and O–H groups in total. The molecule has 1 aliphatic carbocycles. The summed E-state index contributed by atoms with van der Waals surface area (Å²) in [5.41, 5.74) is 1.04. The van der Waals surface area contributed by atoms with Gasteiger partial charge in [0.1, 0.15) is 5.75 Å². The van der Waals surface area contributed by atoms with Crippen molar-refractivity contribution in [3.05, 3.63) is 29.8 Å². The predicted octanol–water partition coefficient (Wildman–Crippen LogP) is 1.99. The Labute approximate surface area is 145 Å². The van der Waals surface area contributed by atoms with E-state index in [-0.39, 0.29) is 11.4 Å². The predicted molar refractivity (Wildman–Crippen MR) is 95.3 cm³/mol. The Balaban J connectivity index is 1.67. The zero-order valence-corrected chi connectivity index (χ0v) is 14.8. The SMILES string of the molecule is C[C@@]1(NC(=O)C[NH+]2CCCCC2)CCCC[C@@H]1c1ccc(O)cc1. The Morgan fingerprint density at radius 1 is 1.17 bits per heavy atom. The third kappa shape index (κ3) is 4.10. The van der Waals surface area contributed by atoms with Gasteiger partial charge >= 0.3 is 0 Å². The minimum atomic E-state index is -0.179. The molecule has 0 radical (unpaired) electrons. The fourth-order valence-electron chi connectivity index (χ4n) is 4.54. The van der Waals surface area contributed by atoms with Crippen LogP contribution in [0.25, 0.3) is 0 Å². The van der Waals surface area contributed by atoms with E-state index < -0.39 is 0 Å². The van der Waals surface area contributed by atoms with E-state index in [1.165, 1.54) is 42.6 Å². The average Bonchev–Trinajstić information content (AvgIpc) is 2.57. The summed E-state index contributed by atoms with van der Waals surface area (Å²) in [6.45, 7) is 5.07. The van der Waals surface area contributed by atoms with Gasteiger partial charge in [-0.05, 0) is 56.7 Å². The van der Waals surface area contributed by atoms with Crippen molar-refractivity contribution in [2.75, 3.05) is 19.6 Å². The van der Waals surface area contributed by atoms with Gasteiger partial charge in [0.05, 0.1) is 13.1 Å². The maximum atomic E-state index is 12.6. The number of quaternary nitrogens is 1. The van der Waals surface area contributed by atoms with Crippen LogP contribution in [0.4, 0.5) is 0 Å². The van der Waals surface area contributed by atoms with Crippen molar-refractivity contribution >= 4 is 5.91 Å². The number of amides is 1. The molecule has 1 amide bonds. The summed E-state index contributed by atoms with van der Waals surface area (Å²) in [4.78, 5) is 14.1. The van der Waals surface area contributed by atoms with Crippen LogP contribution in [-0.4, -0.2) is 36.2 Å². The van der Waals surface area contributed by atoms with Gasteiger partial charge in [-0.3, -0.25) is 4.79 Å². The lowest BCUT2D eigenvalue weighted by molar-refractivity contribution is -0.896. The number of benzene rings is 1. The van der Waals surface area contributed by atoms with Gasteiger partial charge < -0.3 is 15.3 Å². The number of piperidine rings is 1. The van der Waals surface area contributed by atoms with E-state index in [0.29, 0.717) is 18.2 Å². The highest BCUT2D eigenvalue weighted by molar-refractivity contribution is 5.78. The van der Waals surface area contributed by atoms with E-state index in [1.54, 1.807) is 12.1 Å². The molecule has 1 aromatic rings. The van der Waals surface area contributed by atoms with Crippen molar-refractivity contribution < 1.29 is 14.8 Å². The minimum Gasteiger partial charge on any atom is -0.508 e. The zero-order chi connectivity index (χ0) is 17.0. The number of phenols is 1. The first kappa shape index (κ1) is 17.3. The highest BCUT2D eigenvalue weighted by Gasteiger charge is 2.39. The Hall–Kier alpha value is -1.55. The van der Waals surface area contributed by atoms with Crippen molar-refractivity contribution in [3.63, 3.8) is 0 Å². The second-order valence-corrected chi connectivity index (χ2v) is 7.84. The molecule has 1 saturated heterocycles. The molecule has 4 nitrogen and oxygen atoms in total. The molecule has 0 aromatic heterocycles. The monoisotopic (exact) mass is 331 g/mol. The van der Waals surface area contributed by atoms with Gasteiger partial charge in [0.25, 0.3) is 5.91 Å². The van der Waals surface area contributed by atoms with E-state index in [1.807, 2.05) is 12.1 Å². The second kappa shape index (κ2) is 7.56. The molecule has 0 bridgehead atoms. The van der Waals surface area contributed by atoms with Gasteiger partial charge in [-0.15, -0.1) is 0 Å². The molecule has 1 aliphatic heterocycles. The van der Waals surface area contributed by atoms with E-state index in [9.17, 15) is 9.90 Å². The van der Waals surface area contributed by atoms with Gasteiger partial charge in [0.15, 0.2) is 6.54 Å². The topological polar surface area (TPSA) is 53.8 Å². The Morgan fingerprint density at radius 3 is 2.58 bits per heavy atom. The lowest BCUT2D eigenvalue weighted by Gasteiger charge is -2.42. The number of phenolic OH excluding ortho intramolecular Hbond substituents is 1. The molecule has 132 valence electrons. The molecule has 1 heterocycles. The highest BCUT2D eigenvalue weighted by Crippen LogP contribution is 2.41. The fourth-order valence-corrected chi connectivity index (χ4v) is 4.54. The molecule has 1 aromatic carbocycles. The summed E-state index contributed by atoms with van der Waals surface area (Å²) in [5, 5.41) is 12.9. The van der Waals surface area contributed by atoms with Crippen molar-refractivity contribution in [1.82, 2.24) is 5.32 Å². The van der Waals surface area contributed by atoms with Crippen LogP contribution in [0.5, 0.6) is 5.75 Å². The molecule has 2 fully saturated rings. The number of hydrogen-bond acceptors (Lipinski definition) is 2. The molecular formula is C20H31N2O2+. The number of aromatic hydroxyl groups is 1. The van der Waals surface area contributed by atoms with E-state index in [0.717, 1.165) is 25.9 Å². The third-order valence-electron chi connectivity index (χ3n) is 5.90. The van der Waals surface area contributed by atoms with E-state index in [4.69, 9.17) is 0 Å². The largest absolute Gasteiger partial charge is 0.508 e. The van der Waals surface area contributed by atoms with Crippen LogP contribution in [0.2, 0.25) is 0 Å². The Morgan fingerprint density at radius 2 is 1.88 bits per heavy atom. The molecule has 0 unspecified atom stereocenters. The zero-order valence-electron chi connectivity index (χ0n) is 14.8. The van der Waals surface area contributed by atoms with Crippen molar-refractivity contribution in [2.45, 2.75) is 63.3 Å². The van der Waals surface area contributed by atoms with Crippen LogP contribution in [0, 0.1) is 0 Å². The van der Waals surface area contributed by atoms with E-state index in [2.05, 4.69) is 12.2 Å². The summed E-state index contributed by atoms with van der Waals surface area (Å²) < 4.78 is 0. The minimum absolute atomic E-state index is 0.179. The van der Waals surface area contributed by atoms with Gasteiger partial charge in [-0.2, -0.15) is 0 Å². The van der Waals surface area contributed by atoms with Crippen LogP contribution in [0.15, 0.2) is 24.3 Å². The maximum Gasteiger partial charge on any atom is 0.275 e. The molecule has 2 aliphatic rings. The first-order chi connectivity index (χ1) is 11.6. The third-order valence-corrected chi connectivity index (χ3v) is 5.90. The lowest BCUT2D eigenvalue weighted by Crippen LogP contribution is -3.14. The second-order valence-electron chi connectivity index (χ2n) is 7.84. The standard InChI is InChI=1S/C20H30N2O2/c1-20(21-19(24)15-22-13-5-2-6-14-22)12-4-3-7-18(20)16-8-10-17(23)11-9-16/h8-11,18,23H,2-7,12-15H2,1H3,(H,21,24)/p+1/t18-,20-/m1/s1. The van der Waals surface area contributed by atoms with Gasteiger partial charge in [0, 0.05) is 11.5 Å². The Bertz CT molecular complexity index is 551. The number of carbonyl (C=O) groups is 1. The van der Waals surface area contributed by atoms with Crippen LogP contribution >= 0.6 is 0 Å². The average molecular weight is 331 g/mol. The first-order valence-electron chi connectivity index (χ1n) is 9.50. The summed E-state index contributed by atoms with van der Waals surface area (Å²) in [7, 11) is 0. The molecular weight excluding hydrogens is 300 g/mol. The van der Waals surface area contributed by atoms with Gasteiger partial charge in [-0.25, -0.2) is 0 Å². The quantitative estimate of drug-likeness (QED) is 0.790. The van der Waals surface area contributed by atoms with Crippen LogP contribution in [0.3, 0.4) is 0 Å². The van der Waals surface area contributed by atoms with Crippen molar-refractivity contribution in [2.24, 2.45) is 0 Å². The smallest absolute Gasteiger partial charge is 0.275 e. The lowest BCUT2D eigenvalue weighted by atomic mass is 9.70. The Kier molecular flexibility index (Phi) is 5.44. The van der Waals surface area contributed by atoms with Crippen LogP contribution < -0.4 is 10.2 Å². The number of likely N-dealkylation sites (tertiary alicyclic amines) is 1. The molecule has 24 heavy (non-hydrogen) atoms. The molecule has 3 rings (SSSR count). The van der Waals surface area contributed by atoms with Crippen molar-refractivity contribution in [1.29, 1.82) is 0 Å². The van der Waals surface area contributed by atoms with Crippen molar-refractivity contribution in [3.8, 4) is 5.75 Å². The van der Waals surface area contributed by atoms with Crippen LogP contribution in [0.1, 0.15) is 63.4 Å². The molecule has 0 spiro atoms. The summed E-state index contributed by atoms with van der Waals surface area (Å²) in [5.74, 6) is 0.821. The van der Waals surface area contributed by atoms with Crippen LogP contribution in [-0.2, 0) is 4.79 Å². The number of carbonyl (C=O) groups excluding carboxylic acids is 1. The molecule has 1 saturated carbocycles. The molecule has 2 atom stereocenters. The highest BCUT2D eigenvalue weighted by atomic mass is 16.3. The number of nitrogens with one attached hydrogen (secondary N) is 2. The molecule has 4 heteroatoms. The fraction of sp³-hybridized carbons (Fsp3) is 0.650. The number of rotatable bonds is 4. The normalized spacial score (nSPS) is 28.5. The summed E-state index contributed by atoms with van der Waals surface area (Å²) in [6, 6.07) is 7.52. The first-order valence-corrected chi connectivity index (χ1v) is 9.50. The number of hydrogen-bond donors (Lipinski definition) is 3. The van der Waals surface area contributed by atoms with E-state index >= 15 is 0 Å². The summed E-state index contributed by atoms with van der Waals surface area (Å²) in [6.07, 6.45) is 8.30. The van der Waals surface area contributed by atoms with Gasteiger partial charge in [0.2, 0.25) is 0 Å². The van der Waals surface area contributed by atoms with Gasteiger partial charge in [-0.1, -0.05) is 25.0 Å².